The predicted octanol–water partition coefficient (Wildman–Crippen LogP) is 3.71. The molecule has 0 amide bonds. The van der Waals surface area contributed by atoms with Gasteiger partial charge in [0.2, 0.25) is 0 Å². The Morgan fingerprint density at radius 2 is 1.78 bits per heavy atom. The van der Waals surface area contributed by atoms with Crippen molar-refractivity contribution in [1.82, 2.24) is 0 Å². The second kappa shape index (κ2) is 8.90. The van der Waals surface area contributed by atoms with Gasteiger partial charge in [0.15, 0.2) is 6.29 Å². The highest BCUT2D eigenvalue weighted by Gasteiger charge is 2.83. The van der Waals surface area contributed by atoms with Crippen LogP contribution in [0.5, 0.6) is 0 Å². The summed E-state index contributed by atoms with van der Waals surface area (Å²) in [5.74, 6) is -0.828. The number of hydrogen-bond acceptors (Lipinski definition) is 8. The second-order valence-corrected chi connectivity index (χ2v) is 11.7. The smallest absolute Gasteiger partial charge is 0.331 e. The molecule has 0 aromatic carbocycles. The first-order valence-electron chi connectivity index (χ1n) is 13.3. The van der Waals surface area contributed by atoms with Crippen LogP contribution in [0.3, 0.4) is 0 Å². The van der Waals surface area contributed by atoms with Gasteiger partial charge in [-0.25, -0.2) is 9.59 Å². The summed E-state index contributed by atoms with van der Waals surface area (Å²) >= 11 is 0. The summed E-state index contributed by atoms with van der Waals surface area (Å²) in [6, 6.07) is 0. The number of rotatable bonds is 0. The minimum atomic E-state index is -0.590. The van der Waals surface area contributed by atoms with E-state index in [9.17, 15) is 9.59 Å². The number of carbonyl (C=O) groups excluding carboxylic acids is 2. The molecule has 2 spiro atoms. The van der Waals surface area contributed by atoms with E-state index >= 15 is 0 Å². The zero-order chi connectivity index (χ0) is 26.0. The molecule has 0 aromatic rings. The first kappa shape index (κ1) is 25.0. The molecule has 3 saturated heterocycles. The van der Waals surface area contributed by atoms with Gasteiger partial charge in [0.1, 0.15) is 24.4 Å². The summed E-state index contributed by atoms with van der Waals surface area (Å²) in [4.78, 5) is 26.0. The highest BCUT2D eigenvalue weighted by Crippen LogP contribution is 2.72. The number of esters is 2. The second-order valence-electron chi connectivity index (χ2n) is 11.7. The van der Waals surface area contributed by atoms with Crippen LogP contribution in [0.4, 0.5) is 0 Å². The molecule has 9 atom stereocenters. The van der Waals surface area contributed by atoms with E-state index in [1.807, 2.05) is 19.9 Å². The number of ether oxygens (including phenoxy) is 6. The minimum absolute atomic E-state index is 0.147. The van der Waals surface area contributed by atoms with E-state index in [0.29, 0.717) is 19.4 Å². The molecule has 8 heteroatoms. The quantitative estimate of drug-likeness (QED) is 0.276. The molecule has 4 bridgehead atoms. The van der Waals surface area contributed by atoms with Crippen molar-refractivity contribution in [2.75, 3.05) is 13.2 Å². The number of epoxide rings is 1. The van der Waals surface area contributed by atoms with Crippen molar-refractivity contribution in [3.05, 3.63) is 47.6 Å². The maximum atomic E-state index is 13.0. The monoisotopic (exact) mass is 512 g/mol. The van der Waals surface area contributed by atoms with Gasteiger partial charge in [-0.2, -0.15) is 0 Å². The molecule has 6 rings (SSSR count). The molecule has 4 heterocycles. The number of hydrogen-bond donors (Lipinski definition) is 0. The Kier molecular flexibility index (Phi) is 6.02. The molecule has 37 heavy (non-hydrogen) atoms. The van der Waals surface area contributed by atoms with Crippen LogP contribution in [-0.2, 0) is 38.0 Å². The summed E-state index contributed by atoms with van der Waals surface area (Å²) in [6.45, 7) is 8.77. The van der Waals surface area contributed by atoms with Crippen molar-refractivity contribution in [1.29, 1.82) is 0 Å². The van der Waals surface area contributed by atoms with Gasteiger partial charge in [-0.1, -0.05) is 42.4 Å². The molecule has 200 valence electrons. The van der Waals surface area contributed by atoms with Gasteiger partial charge in [-0.05, 0) is 33.6 Å². The van der Waals surface area contributed by atoms with Crippen LogP contribution in [0.1, 0.15) is 53.4 Å². The standard InChI is InChI=1S/C29H36O8/c1-17-9-10-28-15-32-25(31)12-18(2)13-26-34-19(3)20(35-26)7-5-6-8-24(30)37-21-14-23(36-22(28)11-17)29(16-33-29)27(21,28)4/h5-8,11-12,19-23,26H,9-10,13-16H2,1-4H3/b7-5+,8-6-,18-12+/t19-,20-,21+,22+,23+,26+,27+,28+,29-/m0/s1. The van der Waals surface area contributed by atoms with Crippen molar-refractivity contribution >= 4 is 11.9 Å². The molecule has 2 aliphatic carbocycles. The Balaban J connectivity index is 1.37. The Morgan fingerprint density at radius 3 is 2.57 bits per heavy atom. The fraction of sp³-hybridized carbons (Fsp3) is 0.655. The third-order valence-electron chi connectivity index (χ3n) is 9.58. The molecule has 0 N–H and O–H groups in total. The molecule has 0 unspecified atom stereocenters. The number of fused-ring (bicyclic) bond motifs is 2. The molecular weight excluding hydrogens is 476 g/mol. The molecule has 4 aliphatic heterocycles. The largest absolute Gasteiger partial charge is 0.462 e. The first-order valence-corrected chi connectivity index (χ1v) is 13.3. The van der Waals surface area contributed by atoms with Gasteiger partial charge in [0.25, 0.3) is 0 Å². The third-order valence-corrected chi connectivity index (χ3v) is 9.58. The predicted molar refractivity (Wildman–Crippen MR) is 132 cm³/mol. The lowest BCUT2D eigenvalue weighted by molar-refractivity contribution is -0.232. The average Bonchev–Trinajstić information content (AvgIpc) is 3.54. The summed E-state index contributed by atoms with van der Waals surface area (Å²) < 4.78 is 36.8. The van der Waals surface area contributed by atoms with E-state index in [2.05, 4.69) is 19.9 Å². The van der Waals surface area contributed by atoms with E-state index in [0.717, 1.165) is 18.4 Å². The zero-order valence-electron chi connectivity index (χ0n) is 21.9. The Labute approximate surface area is 217 Å². The van der Waals surface area contributed by atoms with E-state index in [1.54, 1.807) is 12.2 Å². The van der Waals surface area contributed by atoms with Crippen molar-refractivity contribution < 1.29 is 38.0 Å². The lowest BCUT2D eigenvalue weighted by Crippen LogP contribution is -2.66. The van der Waals surface area contributed by atoms with Crippen LogP contribution in [0.2, 0.25) is 0 Å². The molecule has 1 saturated carbocycles. The van der Waals surface area contributed by atoms with Gasteiger partial charge in [0, 0.05) is 30.4 Å². The van der Waals surface area contributed by atoms with Gasteiger partial charge in [-0.3, -0.25) is 0 Å². The van der Waals surface area contributed by atoms with Crippen LogP contribution >= 0.6 is 0 Å². The van der Waals surface area contributed by atoms with E-state index in [4.69, 9.17) is 28.4 Å². The first-order chi connectivity index (χ1) is 17.7. The molecular formula is C29H36O8. The fourth-order valence-electron chi connectivity index (χ4n) is 7.32. The lowest BCUT2D eigenvalue weighted by atomic mass is 9.51. The van der Waals surface area contributed by atoms with Crippen molar-refractivity contribution in [3.63, 3.8) is 0 Å². The molecule has 0 aromatic heterocycles. The maximum Gasteiger partial charge on any atom is 0.331 e. The summed E-state index contributed by atoms with van der Waals surface area (Å²) in [7, 11) is 0. The number of allylic oxidation sites excluding steroid dienone is 3. The van der Waals surface area contributed by atoms with Crippen LogP contribution in [0, 0.1) is 10.8 Å². The molecule has 6 aliphatic rings. The average molecular weight is 513 g/mol. The fourth-order valence-corrected chi connectivity index (χ4v) is 7.32. The normalized spacial score (nSPS) is 50.5. The Morgan fingerprint density at radius 1 is 0.973 bits per heavy atom. The van der Waals surface area contributed by atoms with Gasteiger partial charge < -0.3 is 28.4 Å². The van der Waals surface area contributed by atoms with Crippen LogP contribution in [0.25, 0.3) is 0 Å². The van der Waals surface area contributed by atoms with Crippen LogP contribution in [0.15, 0.2) is 47.6 Å². The minimum Gasteiger partial charge on any atom is -0.462 e. The van der Waals surface area contributed by atoms with Crippen molar-refractivity contribution in [3.8, 4) is 0 Å². The Bertz CT molecular complexity index is 1100. The Hall–Kier alpha value is -2.26. The maximum absolute atomic E-state index is 13.0. The van der Waals surface area contributed by atoms with Crippen molar-refractivity contribution in [2.24, 2.45) is 10.8 Å². The van der Waals surface area contributed by atoms with Crippen LogP contribution < -0.4 is 0 Å². The van der Waals surface area contributed by atoms with E-state index < -0.39 is 40.8 Å². The van der Waals surface area contributed by atoms with E-state index in [1.165, 1.54) is 17.7 Å². The third kappa shape index (κ3) is 3.87. The highest BCUT2D eigenvalue weighted by molar-refractivity contribution is 5.83. The summed E-state index contributed by atoms with van der Waals surface area (Å²) in [6.07, 6.45) is 11.3. The SMILES string of the molecule is CC1=C[C@H]2O[C@@H]3C[C@H]4OC(=O)/C=C\C=C\[C@@H]5O[C@H](C/C(C)=C/C(=O)OC[C@@]2(CC1)[C@]4(C)[C@]31CO1)O[C@H]5C. The summed E-state index contributed by atoms with van der Waals surface area (Å²) in [5.41, 5.74) is 0.362. The highest BCUT2D eigenvalue weighted by atomic mass is 16.7. The number of cyclic esters (lactones) is 1. The van der Waals surface area contributed by atoms with Crippen molar-refractivity contribution in [2.45, 2.75) is 95.8 Å². The summed E-state index contributed by atoms with van der Waals surface area (Å²) in [5, 5.41) is 0. The van der Waals surface area contributed by atoms with Gasteiger partial charge in [0.05, 0.1) is 30.3 Å². The van der Waals surface area contributed by atoms with E-state index in [-0.39, 0.29) is 31.0 Å². The number of carbonyl (C=O) groups is 2. The van der Waals surface area contributed by atoms with Gasteiger partial charge in [-0.15, -0.1) is 0 Å². The lowest BCUT2D eigenvalue weighted by Gasteiger charge is -2.58. The molecule has 8 nitrogen and oxygen atoms in total. The molecule has 0 radical (unpaired) electrons. The van der Waals surface area contributed by atoms with Crippen LogP contribution in [-0.4, -0.2) is 67.6 Å². The van der Waals surface area contributed by atoms with Gasteiger partial charge >= 0.3 is 11.9 Å². The topological polar surface area (TPSA) is 92.8 Å². The zero-order valence-corrected chi connectivity index (χ0v) is 21.9. The molecule has 4 fully saturated rings.